The van der Waals surface area contributed by atoms with Gasteiger partial charge in [-0.25, -0.2) is 0 Å². The van der Waals surface area contributed by atoms with Gasteiger partial charge in [-0.2, -0.15) is 0 Å². The van der Waals surface area contributed by atoms with E-state index in [1.54, 1.807) is 40.6 Å². The summed E-state index contributed by atoms with van der Waals surface area (Å²) in [5.41, 5.74) is 3.43. The summed E-state index contributed by atoms with van der Waals surface area (Å²) >= 11 is 0. The third-order valence-electron chi connectivity index (χ3n) is 6.81. The number of benzene rings is 3. The third kappa shape index (κ3) is 7.36. The Labute approximate surface area is 224 Å². The topological polar surface area (TPSA) is 92.1 Å². The zero-order valence-corrected chi connectivity index (χ0v) is 22.9. The molecule has 0 heterocycles. The smallest absolute Gasteiger partial charge is 0.269 e. The average molecular weight is 525 g/mol. The van der Waals surface area contributed by atoms with Crippen LogP contribution in [0.15, 0.2) is 60.7 Å². The van der Waals surface area contributed by atoms with Gasteiger partial charge in [0.15, 0.2) is 23.0 Å². The number of ether oxygens (including phenoxy) is 4. The molecule has 0 fully saturated rings. The molecular weight excluding hydrogens is 486 g/mol. The molecule has 0 radical (unpaired) electrons. The molecule has 0 amide bonds. The van der Waals surface area contributed by atoms with Crippen molar-refractivity contribution in [2.24, 2.45) is 0 Å². The monoisotopic (exact) mass is 524 g/mol. The van der Waals surface area contributed by atoms with Crippen molar-refractivity contribution in [2.75, 3.05) is 55.1 Å². The van der Waals surface area contributed by atoms with Crippen molar-refractivity contribution in [3.05, 3.63) is 81.9 Å². The first-order valence-electron chi connectivity index (χ1n) is 12.6. The van der Waals surface area contributed by atoms with Crippen LogP contribution in [0, 0.1) is 10.1 Å². The van der Waals surface area contributed by atoms with Gasteiger partial charge in [0.25, 0.3) is 5.69 Å². The highest BCUT2D eigenvalue weighted by molar-refractivity contribution is 5.54. The van der Waals surface area contributed by atoms with Crippen molar-refractivity contribution in [3.63, 3.8) is 0 Å². The lowest BCUT2D eigenvalue weighted by Gasteiger charge is -2.35. The Morgan fingerprint density at radius 2 is 1.34 bits per heavy atom. The number of quaternary nitrogens is 1. The van der Waals surface area contributed by atoms with E-state index in [4.69, 9.17) is 18.9 Å². The van der Waals surface area contributed by atoms with E-state index in [9.17, 15) is 10.1 Å². The molecule has 0 saturated carbocycles. The molecule has 0 aliphatic rings. The first-order valence-corrected chi connectivity index (χ1v) is 12.6. The molecule has 1 unspecified atom stereocenters. The van der Waals surface area contributed by atoms with Crippen LogP contribution < -0.4 is 28.7 Å². The van der Waals surface area contributed by atoms with Crippen molar-refractivity contribution in [1.82, 2.24) is 9.80 Å². The summed E-state index contributed by atoms with van der Waals surface area (Å²) in [5.74, 6) is 2.84. The van der Waals surface area contributed by atoms with Crippen LogP contribution in [0.4, 0.5) is 11.4 Å². The Morgan fingerprint density at radius 3 is 1.95 bits per heavy atom. The van der Waals surface area contributed by atoms with Gasteiger partial charge in [-0.05, 0) is 29.3 Å². The normalized spacial score (nSPS) is 12.4. The Morgan fingerprint density at radius 1 is 0.763 bits per heavy atom. The second kappa shape index (κ2) is 13.6. The molecule has 9 nitrogen and oxygen atoms in total. The summed E-state index contributed by atoms with van der Waals surface area (Å²) in [6.07, 6.45) is 1.78. The van der Waals surface area contributed by atoms with Crippen LogP contribution in [-0.2, 0) is 13.0 Å². The molecular formula is C29H38N3O6+. The summed E-state index contributed by atoms with van der Waals surface area (Å²) in [7, 11) is 8.81. The number of nitrogens with zero attached hydrogens (tertiary/aromatic N) is 2. The fourth-order valence-corrected chi connectivity index (χ4v) is 4.46. The molecule has 3 aromatic carbocycles. The van der Waals surface area contributed by atoms with Crippen molar-refractivity contribution in [1.29, 1.82) is 0 Å². The van der Waals surface area contributed by atoms with Crippen LogP contribution in [0.1, 0.15) is 17.5 Å². The number of likely N-dealkylation sites (N-methyl/N-ethyl adjacent to an activating group) is 1. The first-order chi connectivity index (χ1) is 18.3. The Kier molecular flexibility index (Phi) is 10.3. The molecule has 9 heteroatoms. The highest BCUT2D eigenvalue weighted by Crippen LogP contribution is 2.34. The lowest BCUT2D eigenvalue weighted by atomic mass is 10.1. The minimum atomic E-state index is -0.383. The molecule has 0 spiro atoms. The van der Waals surface area contributed by atoms with Crippen LogP contribution in [-0.4, -0.2) is 60.0 Å². The number of rotatable bonds is 15. The van der Waals surface area contributed by atoms with E-state index in [0.717, 1.165) is 49.5 Å². The van der Waals surface area contributed by atoms with Crippen LogP contribution >= 0.6 is 0 Å². The lowest BCUT2D eigenvalue weighted by molar-refractivity contribution is -0.384. The molecule has 0 bridgehead atoms. The van der Waals surface area contributed by atoms with Gasteiger partial charge in [-0.1, -0.05) is 18.2 Å². The number of hydrogen-bond donors (Lipinski definition) is 1. The van der Waals surface area contributed by atoms with Gasteiger partial charge in [0.1, 0.15) is 5.69 Å². The van der Waals surface area contributed by atoms with Crippen molar-refractivity contribution >= 4 is 11.4 Å². The molecule has 204 valence electrons. The van der Waals surface area contributed by atoms with E-state index in [0.29, 0.717) is 28.3 Å². The minimum Gasteiger partial charge on any atom is -0.493 e. The zero-order valence-electron chi connectivity index (χ0n) is 22.9. The number of nitro groups is 1. The molecule has 3 aromatic rings. The fraction of sp³-hybridized carbons (Fsp3) is 0.379. The molecule has 0 aromatic heterocycles. The Hall–Kier alpha value is -3.82. The summed E-state index contributed by atoms with van der Waals surface area (Å²) in [5, 5.41) is 14.3. The predicted octanol–water partition coefficient (Wildman–Crippen LogP) is 4.99. The van der Waals surface area contributed by atoms with Gasteiger partial charge < -0.3 is 24.3 Å². The Bertz CT molecular complexity index is 1200. The summed E-state index contributed by atoms with van der Waals surface area (Å²) < 4.78 is 22.6. The summed E-state index contributed by atoms with van der Waals surface area (Å²) in [6.45, 7) is 3.24. The van der Waals surface area contributed by atoms with Gasteiger partial charge in [0, 0.05) is 50.2 Å². The largest absolute Gasteiger partial charge is 0.493 e. The highest BCUT2D eigenvalue weighted by atomic mass is 16.6. The molecule has 38 heavy (non-hydrogen) atoms. The molecule has 1 N–H and O–H groups in total. The number of methoxy groups -OCH3 is 4. The second-order valence-corrected chi connectivity index (χ2v) is 9.28. The van der Waals surface area contributed by atoms with Gasteiger partial charge in [0.2, 0.25) is 0 Å². The van der Waals surface area contributed by atoms with Crippen molar-refractivity contribution in [2.45, 2.75) is 19.4 Å². The number of nitro benzene ring substituents is 1. The molecule has 0 aliphatic heterocycles. The summed E-state index contributed by atoms with van der Waals surface area (Å²) in [4.78, 5) is 10.5. The van der Waals surface area contributed by atoms with Crippen molar-refractivity contribution < 1.29 is 23.9 Å². The maximum atomic E-state index is 10.9. The number of hydrogen-bond acceptors (Lipinski definition) is 7. The van der Waals surface area contributed by atoms with Crippen molar-refractivity contribution in [3.8, 4) is 23.0 Å². The van der Waals surface area contributed by atoms with E-state index in [1.807, 2.05) is 18.2 Å². The van der Waals surface area contributed by atoms with Gasteiger partial charge in [-0.3, -0.25) is 14.6 Å². The van der Waals surface area contributed by atoms with E-state index in [2.05, 4.69) is 30.6 Å². The lowest BCUT2D eigenvalue weighted by Crippen LogP contribution is -2.48. The number of non-ortho nitro benzene ring substituents is 1. The maximum Gasteiger partial charge on any atom is 0.269 e. The zero-order chi connectivity index (χ0) is 27.5. The third-order valence-corrected chi connectivity index (χ3v) is 6.81. The second-order valence-electron chi connectivity index (χ2n) is 9.28. The van der Waals surface area contributed by atoms with E-state index in [-0.39, 0.29) is 10.6 Å². The number of nitrogens with one attached hydrogen (secondary N) is 1. The van der Waals surface area contributed by atoms with Gasteiger partial charge in [0.05, 0.1) is 53.5 Å². The molecule has 3 rings (SSSR count). The molecule has 0 aliphatic carbocycles. The minimum absolute atomic E-state index is 0.103. The molecule has 1 atom stereocenters. The van der Waals surface area contributed by atoms with Crippen LogP contribution in [0.3, 0.4) is 0 Å². The Balaban J connectivity index is 1.70. The highest BCUT2D eigenvalue weighted by Gasteiger charge is 2.26. The maximum absolute atomic E-state index is 10.9. The average Bonchev–Trinajstić information content (AvgIpc) is 2.95. The first kappa shape index (κ1) is 28.7. The quantitative estimate of drug-likeness (QED) is 0.130. The predicted molar refractivity (Wildman–Crippen MR) is 150 cm³/mol. The van der Waals surface area contributed by atoms with E-state index >= 15 is 0 Å². The van der Waals surface area contributed by atoms with Crippen LogP contribution in [0.25, 0.3) is 0 Å². The standard InChI is InChI=1S/C29H38N3O6/c1-32(25-12-14-27(36-3)29(20-25)38-5,18-15-22-9-13-26(35-2)28(19-22)37-4)17-6-16-30-21-23-7-10-24(11-8-23)31(33)34/h7-14,19-20,30H,6,15-18,21H2,1-5H3/q+1. The fourth-order valence-electron chi connectivity index (χ4n) is 4.46. The molecule has 0 saturated heterocycles. The van der Waals surface area contributed by atoms with E-state index < -0.39 is 0 Å². The SMILES string of the molecule is COc1ccc(CC[N+](C)(CCCNCc2ccc([N+](=O)[O-])cc2)c2ccc(OC)c(OC)c2)cc1OC. The summed E-state index contributed by atoms with van der Waals surface area (Å²) in [6, 6.07) is 18.8. The van der Waals surface area contributed by atoms with Gasteiger partial charge >= 0.3 is 0 Å². The van der Waals surface area contributed by atoms with Crippen LogP contribution in [0.2, 0.25) is 0 Å². The van der Waals surface area contributed by atoms with Crippen LogP contribution in [0.5, 0.6) is 23.0 Å². The van der Waals surface area contributed by atoms with E-state index in [1.165, 1.54) is 17.7 Å². The van der Waals surface area contributed by atoms with Gasteiger partial charge in [-0.15, -0.1) is 0 Å².